The SMILES string of the molecule is CCCC(=O)Nc1ccc2oc(C(=O)c3ccccc3)c(C)c2c1. The van der Waals surface area contributed by atoms with E-state index in [0.717, 1.165) is 17.4 Å². The van der Waals surface area contributed by atoms with Crippen molar-refractivity contribution in [1.82, 2.24) is 0 Å². The summed E-state index contributed by atoms with van der Waals surface area (Å²) in [6, 6.07) is 14.5. The van der Waals surface area contributed by atoms with Gasteiger partial charge in [-0.25, -0.2) is 0 Å². The minimum atomic E-state index is -0.138. The van der Waals surface area contributed by atoms with Crippen molar-refractivity contribution in [2.45, 2.75) is 26.7 Å². The van der Waals surface area contributed by atoms with E-state index in [0.29, 0.717) is 29.0 Å². The summed E-state index contributed by atoms with van der Waals surface area (Å²) in [6.07, 6.45) is 1.29. The molecular weight excluding hydrogens is 302 g/mol. The number of furan rings is 1. The fourth-order valence-electron chi connectivity index (χ4n) is 2.69. The van der Waals surface area contributed by atoms with Gasteiger partial charge in [0, 0.05) is 28.6 Å². The zero-order valence-corrected chi connectivity index (χ0v) is 13.8. The first-order valence-corrected chi connectivity index (χ1v) is 8.03. The number of carbonyl (C=O) groups is 2. The number of hydrogen-bond acceptors (Lipinski definition) is 3. The van der Waals surface area contributed by atoms with Crippen LogP contribution >= 0.6 is 0 Å². The van der Waals surface area contributed by atoms with Gasteiger partial charge in [0.25, 0.3) is 0 Å². The lowest BCUT2D eigenvalue weighted by molar-refractivity contribution is -0.116. The van der Waals surface area contributed by atoms with Gasteiger partial charge in [-0.1, -0.05) is 37.3 Å². The molecule has 1 heterocycles. The van der Waals surface area contributed by atoms with Crippen LogP contribution in [0, 0.1) is 6.92 Å². The Morgan fingerprint density at radius 1 is 1.08 bits per heavy atom. The minimum Gasteiger partial charge on any atom is -0.452 e. The lowest BCUT2D eigenvalue weighted by atomic mass is 10.0. The molecule has 0 saturated carbocycles. The van der Waals surface area contributed by atoms with E-state index in [4.69, 9.17) is 4.42 Å². The normalized spacial score (nSPS) is 10.8. The van der Waals surface area contributed by atoms with Gasteiger partial charge in [-0.15, -0.1) is 0 Å². The van der Waals surface area contributed by atoms with Gasteiger partial charge in [0.05, 0.1) is 0 Å². The molecule has 3 rings (SSSR count). The van der Waals surface area contributed by atoms with Crippen LogP contribution in [0.1, 0.15) is 41.4 Å². The lowest BCUT2D eigenvalue weighted by Crippen LogP contribution is -2.10. The number of anilines is 1. The van der Waals surface area contributed by atoms with Crippen LogP contribution < -0.4 is 5.32 Å². The zero-order chi connectivity index (χ0) is 17.1. The Morgan fingerprint density at radius 2 is 1.83 bits per heavy atom. The van der Waals surface area contributed by atoms with Crippen LogP contribution in [0.25, 0.3) is 11.0 Å². The summed E-state index contributed by atoms with van der Waals surface area (Å²) in [5.41, 5.74) is 2.73. The Bertz CT molecular complexity index is 894. The molecule has 0 unspecified atom stereocenters. The molecule has 0 bridgehead atoms. The van der Waals surface area contributed by atoms with E-state index in [9.17, 15) is 9.59 Å². The second kappa shape index (κ2) is 6.71. The Labute approximate surface area is 140 Å². The van der Waals surface area contributed by atoms with Crippen molar-refractivity contribution < 1.29 is 14.0 Å². The molecule has 0 aliphatic carbocycles. The molecule has 1 N–H and O–H groups in total. The van der Waals surface area contributed by atoms with Gasteiger partial charge in [0.15, 0.2) is 5.76 Å². The molecule has 1 amide bonds. The minimum absolute atomic E-state index is 0.0152. The number of benzene rings is 2. The smallest absolute Gasteiger partial charge is 0.228 e. The number of nitrogens with one attached hydrogen (secondary N) is 1. The van der Waals surface area contributed by atoms with E-state index in [-0.39, 0.29) is 11.7 Å². The van der Waals surface area contributed by atoms with Crippen molar-refractivity contribution in [3.05, 3.63) is 65.4 Å². The van der Waals surface area contributed by atoms with E-state index >= 15 is 0 Å². The second-order valence-corrected chi connectivity index (χ2v) is 5.76. The Balaban J connectivity index is 1.96. The topological polar surface area (TPSA) is 59.3 Å². The summed E-state index contributed by atoms with van der Waals surface area (Å²) in [4.78, 5) is 24.4. The summed E-state index contributed by atoms with van der Waals surface area (Å²) < 4.78 is 5.76. The standard InChI is InChI=1S/C20H19NO3/c1-3-7-18(22)21-15-10-11-17-16(12-15)13(2)20(24-17)19(23)14-8-5-4-6-9-14/h4-6,8-12H,3,7H2,1-2H3,(H,21,22). The third kappa shape index (κ3) is 3.08. The molecule has 2 aromatic carbocycles. The molecule has 0 fully saturated rings. The van der Waals surface area contributed by atoms with Crippen LogP contribution in [0.5, 0.6) is 0 Å². The molecule has 0 radical (unpaired) electrons. The molecule has 4 heteroatoms. The highest BCUT2D eigenvalue weighted by atomic mass is 16.3. The Morgan fingerprint density at radius 3 is 2.54 bits per heavy atom. The summed E-state index contributed by atoms with van der Waals surface area (Å²) >= 11 is 0. The van der Waals surface area contributed by atoms with Gasteiger partial charge >= 0.3 is 0 Å². The fraction of sp³-hybridized carbons (Fsp3) is 0.200. The average Bonchev–Trinajstić information content (AvgIpc) is 2.92. The maximum absolute atomic E-state index is 12.6. The summed E-state index contributed by atoms with van der Waals surface area (Å²) in [5, 5.41) is 3.70. The molecule has 24 heavy (non-hydrogen) atoms. The van der Waals surface area contributed by atoms with E-state index in [1.807, 2.05) is 38.1 Å². The van der Waals surface area contributed by atoms with Crippen LogP contribution in [0.4, 0.5) is 5.69 Å². The van der Waals surface area contributed by atoms with Crippen LogP contribution in [0.15, 0.2) is 52.9 Å². The van der Waals surface area contributed by atoms with Gasteiger partial charge in [-0.05, 0) is 31.5 Å². The Hall–Kier alpha value is -2.88. The average molecular weight is 321 g/mol. The number of aryl methyl sites for hydroxylation is 1. The zero-order valence-electron chi connectivity index (χ0n) is 13.8. The predicted molar refractivity (Wildman–Crippen MR) is 94.4 cm³/mol. The molecule has 0 atom stereocenters. The number of carbonyl (C=O) groups excluding carboxylic acids is 2. The first-order valence-electron chi connectivity index (χ1n) is 8.03. The molecule has 0 saturated heterocycles. The van der Waals surface area contributed by atoms with Crippen molar-refractivity contribution in [2.75, 3.05) is 5.32 Å². The molecule has 3 aromatic rings. The maximum atomic E-state index is 12.6. The lowest BCUT2D eigenvalue weighted by Gasteiger charge is -2.04. The van der Waals surface area contributed by atoms with Gasteiger partial charge in [-0.2, -0.15) is 0 Å². The van der Waals surface area contributed by atoms with E-state index < -0.39 is 0 Å². The first kappa shape index (κ1) is 16.0. The molecule has 0 spiro atoms. The molecule has 0 aliphatic rings. The van der Waals surface area contributed by atoms with Crippen LogP contribution in [-0.2, 0) is 4.79 Å². The quantitative estimate of drug-likeness (QED) is 0.692. The summed E-state index contributed by atoms with van der Waals surface area (Å²) in [5.74, 6) is 0.188. The van der Waals surface area contributed by atoms with Crippen LogP contribution in [0.2, 0.25) is 0 Å². The van der Waals surface area contributed by atoms with Crippen LogP contribution in [0.3, 0.4) is 0 Å². The number of ketones is 1. The Kier molecular flexibility index (Phi) is 4.47. The monoisotopic (exact) mass is 321 g/mol. The number of fused-ring (bicyclic) bond motifs is 1. The van der Waals surface area contributed by atoms with E-state index in [1.165, 1.54) is 0 Å². The fourth-order valence-corrected chi connectivity index (χ4v) is 2.69. The van der Waals surface area contributed by atoms with Gasteiger partial charge in [-0.3, -0.25) is 9.59 Å². The molecule has 0 aliphatic heterocycles. The number of amides is 1. The summed E-state index contributed by atoms with van der Waals surface area (Å²) in [7, 11) is 0. The highest BCUT2D eigenvalue weighted by Gasteiger charge is 2.19. The van der Waals surface area contributed by atoms with Crippen LogP contribution in [-0.4, -0.2) is 11.7 Å². The van der Waals surface area contributed by atoms with E-state index in [1.54, 1.807) is 24.3 Å². The van der Waals surface area contributed by atoms with Gasteiger partial charge in [0.2, 0.25) is 11.7 Å². The second-order valence-electron chi connectivity index (χ2n) is 5.76. The van der Waals surface area contributed by atoms with Gasteiger partial charge in [0.1, 0.15) is 5.58 Å². The van der Waals surface area contributed by atoms with Crippen molar-refractivity contribution >= 4 is 28.3 Å². The van der Waals surface area contributed by atoms with Crippen molar-refractivity contribution in [3.8, 4) is 0 Å². The predicted octanol–water partition coefficient (Wildman–Crippen LogP) is 4.71. The largest absolute Gasteiger partial charge is 0.452 e. The van der Waals surface area contributed by atoms with Crippen molar-refractivity contribution in [3.63, 3.8) is 0 Å². The molecule has 1 aromatic heterocycles. The highest BCUT2D eigenvalue weighted by Crippen LogP contribution is 2.29. The third-order valence-electron chi connectivity index (χ3n) is 3.94. The maximum Gasteiger partial charge on any atom is 0.228 e. The number of hydrogen-bond donors (Lipinski definition) is 1. The molecular formula is C20H19NO3. The first-order chi connectivity index (χ1) is 11.6. The highest BCUT2D eigenvalue weighted by molar-refractivity contribution is 6.10. The molecule has 122 valence electrons. The number of rotatable bonds is 5. The summed E-state index contributed by atoms with van der Waals surface area (Å²) in [6.45, 7) is 3.82. The van der Waals surface area contributed by atoms with Gasteiger partial charge < -0.3 is 9.73 Å². The third-order valence-corrected chi connectivity index (χ3v) is 3.94. The van der Waals surface area contributed by atoms with Crippen molar-refractivity contribution in [1.29, 1.82) is 0 Å². The van der Waals surface area contributed by atoms with Crippen molar-refractivity contribution in [2.24, 2.45) is 0 Å². The molecule has 4 nitrogen and oxygen atoms in total. The van der Waals surface area contributed by atoms with E-state index in [2.05, 4.69) is 5.32 Å².